The Balaban J connectivity index is 3.24. The van der Waals surface area contributed by atoms with Crippen molar-refractivity contribution in [2.45, 2.75) is 39.9 Å². The normalized spacial score (nSPS) is 12.2. The van der Waals surface area contributed by atoms with Gasteiger partial charge in [-0.1, -0.05) is 17.7 Å². The van der Waals surface area contributed by atoms with Crippen LogP contribution in [0.25, 0.3) is 0 Å². The quantitative estimate of drug-likeness (QED) is 0.720. The minimum absolute atomic E-state index is 0.209. The lowest BCUT2D eigenvalue weighted by atomic mass is 9.90. The third-order valence-corrected chi connectivity index (χ3v) is 3.22. The fourth-order valence-electron chi connectivity index (χ4n) is 2.31. The standard InChI is InChI=1S/C16H24O4/c1-6-20-16(17)12(3)14-8-11(2)7-13(9-18-4)15(14)10-19-5/h7-8,12H,6,9-10H2,1-5H3. The zero-order valence-corrected chi connectivity index (χ0v) is 13.0. The van der Waals surface area contributed by atoms with E-state index in [4.69, 9.17) is 14.2 Å². The van der Waals surface area contributed by atoms with Crippen molar-refractivity contribution in [3.63, 3.8) is 0 Å². The summed E-state index contributed by atoms with van der Waals surface area (Å²) in [6.45, 7) is 7.04. The van der Waals surface area contributed by atoms with Crippen molar-refractivity contribution in [3.05, 3.63) is 34.4 Å². The number of carbonyl (C=O) groups is 1. The number of hydrogen-bond donors (Lipinski definition) is 0. The van der Waals surface area contributed by atoms with E-state index in [1.807, 2.05) is 26.8 Å². The Labute approximate surface area is 121 Å². The van der Waals surface area contributed by atoms with Crippen molar-refractivity contribution in [2.75, 3.05) is 20.8 Å². The first-order valence-electron chi connectivity index (χ1n) is 6.81. The second-order valence-electron chi connectivity index (χ2n) is 4.83. The Morgan fingerprint density at radius 1 is 1.20 bits per heavy atom. The Morgan fingerprint density at radius 2 is 1.85 bits per heavy atom. The molecule has 112 valence electrons. The van der Waals surface area contributed by atoms with Crippen molar-refractivity contribution >= 4 is 5.97 Å². The van der Waals surface area contributed by atoms with Gasteiger partial charge in [-0.3, -0.25) is 4.79 Å². The third-order valence-electron chi connectivity index (χ3n) is 3.22. The Bertz CT molecular complexity index is 454. The molecule has 1 rings (SSSR count). The third kappa shape index (κ3) is 4.05. The molecule has 0 radical (unpaired) electrons. The summed E-state index contributed by atoms with van der Waals surface area (Å²) in [5.41, 5.74) is 4.13. The number of hydrogen-bond acceptors (Lipinski definition) is 4. The molecule has 1 aromatic rings. The molecule has 0 bridgehead atoms. The van der Waals surface area contributed by atoms with Crippen LogP contribution in [0.2, 0.25) is 0 Å². The largest absolute Gasteiger partial charge is 0.466 e. The van der Waals surface area contributed by atoms with Crippen molar-refractivity contribution in [2.24, 2.45) is 0 Å². The molecule has 0 fully saturated rings. The van der Waals surface area contributed by atoms with E-state index in [-0.39, 0.29) is 11.9 Å². The molecule has 0 heterocycles. The van der Waals surface area contributed by atoms with Crippen LogP contribution in [0.15, 0.2) is 12.1 Å². The van der Waals surface area contributed by atoms with Crippen LogP contribution in [0.3, 0.4) is 0 Å². The number of rotatable bonds is 7. The zero-order valence-electron chi connectivity index (χ0n) is 13.0. The number of ether oxygens (including phenoxy) is 3. The fourth-order valence-corrected chi connectivity index (χ4v) is 2.31. The molecule has 0 aliphatic rings. The molecule has 0 saturated carbocycles. The van der Waals surface area contributed by atoms with Gasteiger partial charge in [0.05, 0.1) is 25.7 Å². The van der Waals surface area contributed by atoms with Gasteiger partial charge >= 0.3 is 5.97 Å². The molecule has 4 heteroatoms. The summed E-state index contributed by atoms with van der Waals surface area (Å²) in [6, 6.07) is 4.09. The minimum Gasteiger partial charge on any atom is -0.466 e. The molecular formula is C16H24O4. The van der Waals surface area contributed by atoms with Crippen LogP contribution in [-0.2, 0) is 32.2 Å². The van der Waals surface area contributed by atoms with E-state index in [9.17, 15) is 4.79 Å². The summed E-state index contributed by atoms with van der Waals surface area (Å²) < 4.78 is 15.6. The van der Waals surface area contributed by atoms with E-state index >= 15 is 0 Å². The van der Waals surface area contributed by atoms with Crippen molar-refractivity contribution < 1.29 is 19.0 Å². The summed E-state index contributed by atoms with van der Waals surface area (Å²) in [5, 5.41) is 0. The molecule has 0 N–H and O–H groups in total. The average molecular weight is 280 g/mol. The number of esters is 1. The maximum absolute atomic E-state index is 12.0. The number of carbonyl (C=O) groups excluding carboxylic acids is 1. The zero-order chi connectivity index (χ0) is 15.1. The molecule has 1 atom stereocenters. The molecule has 0 aliphatic heterocycles. The first-order chi connectivity index (χ1) is 9.54. The van der Waals surface area contributed by atoms with E-state index in [1.54, 1.807) is 14.2 Å². The summed E-state index contributed by atoms with van der Waals surface area (Å²) in [4.78, 5) is 12.0. The second-order valence-corrected chi connectivity index (χ2v) is 4.83. The van der Waals surface area contributed by atoms with Crippen LogP contribution < -0.4 is 0 Å². The summed E-state index contributed by atoms with van der Waals surface area (Å²) in [6.07, 6.45) is 0. The van der Waals surface area contributed by atoms with E-state index in [0.717, 1.165) is 22.3 Å². The monoisotopic (exact) mass is 280 g/mol. The average Bonchev–Trinajstić information content (AvgIpc) is 2.41. The second kappa shape index (κ2) is 8.02. The van der Waals surface area contributed by atoms with E-state index in [1.165, 1.54) is 0 Å². The molecule has 0 aliphatic carbocycles. The van der Waals surface area contributed by atoms with Gasteiger partial charge in [0.1, 0.15) is 0 Å². The lowest BCUT2D eigenvalue weighted by Crippen LogP contribution is -2.16. The minimum atomic E-state index is -0.310. The predicted octanol–water partition coefficient (Wildman–Crippen LogP) is 2.95. The first kappa shape index (κ1) is 16.7. The maximum atomic E-state index is 12.0. The van der Waals surface area contributed by atoms with Crippen LogP contribution in [0, 0.1) is 6.92 Å². The number of benzene rings is 1. The lowest BCUT2D eigenvalue weighted by molar-refractivity contribution is -0.144. The molecule has 1 aromatic carbocycles. The topological polar surface area (TPSA) is 44.8 Å². The van der Waals surface area contributed by atoms with Crippen molar-refractivity contribution in [1.29, 1.82) is 0 Å². The van der Waals surface area contributed by atoms with Gasteiger partial charge in [-0.15, -0.1) is 0 Å². The molecule has 20 heavy (non-hydrogen) atoms. The molecule has 0 aromatic heterocycles. The van der Waals surface area contributed by atoms with Gasteiger partial charge in [0, 0.05) is 14.2 Å². The van der Waals surface area contributed by atoms with E-state index in [0.29, 0.717) is 19.8 Å². The van der Waals surface area contributed by atoms with Gasteiger partial charge in [0.25, 0.3) is 0 Å². The lowest BCUT2D eigenvalue weighted by Gasteiger charge is -2.19. The van der Waals surface area contributed by atoms with E-state index < -0.39 is 0 Å². The number of aryl methyl sites for hydroxylation is 1. The van der Waals surface area contributed by atoms with Crippen LogP contribution in [0.1, 0.15) is 42.0 Å². The molecule has 1 unspecified atom stereocenters. The number of methoxy groups -OCH3 is 2. The van der Waals surface area contributed by atoms with Crippen LogP contribution >= 0.6 is 0 Å². The highest BCUT2D eigenvalue weighted by molar-refractivity contribution is 5.78. The molecule has 4 nitrogen and oxygen atoms in total. The Kier molecular flexibility index (Phi) is 6.68. The SMILES string of the molecule is CCOC(=O)C(C)c1cc(C)cc(COC)c1COC. The molecule has 0 spiro atoms. The van der Waals surface area contributed by atoms with Gasteiger partial charge in [0.15, 0.2) is 0 Å². The molecule has 0 saturated heterocycles. The van der Waals surface area contributed by atoms with Crippen LogP contribution in [0.4, 0.5) is 0 Å². The van der Waals surface area contributed by atoms with E-state index in [2.05, 4.69) is 6.07 Å². The fraction of sp³-hybridized carbons (Fsp3) is 0.562. The van der Waals surface area contributed by atoms with Crippen molar-refractivity contribution in [1.82, 2.24) is 0 Å². The summed E-state index contributed by atoms with van der Waals surface area (Å²) >= 11 is 0. The van der Waals surface area contributed by atoms with Gasteiger partial charge in [0.2, 0.25) is 0 Å². The maximum Gasteiger partial charge on any atom is 0.313 e. The van der Waals surface area contributed by atoms with Gasteiger partial charge in [-0.25, -0.2) is 0 Å². The highest BCUT2D eigenvalue weighted by Gasteiger charge is 2.21. The first-order valence-corrected chi connectivity index (χ1v) is 6.81. The Hall–Kier alpha value is -1.39. The van der Waals surface area contributed by atoms with Gasteiger partial charge in [-0.05, 0) is 37.5 Å². The van der Waals surface area contributed by atoms with Gasteiger partial charge < -0.3 is 14.2 Å². The summed E-state index contributed by atoms with van der Waals surface area (Å²) in [5.74, 6) is -0.519. The molecular weight excluding hydrogens is 256 g/mol. The highest BCUT2D eigenvalue weighted by Crippen LogP contribution is 2.27. The molecule has 0 amide bonds. The van der Waals surface area contributed by atoms with Crippen molar-refractivity contribution in [3.8, 4) is 0 Å². The Morgan fingerprint density at radius 3 is 2.40 bits per heavy atom. The predicted molar refractivity (Wildman–Crippen MR) is 77.7 cm³/mol. The van der Waals surface area contributed by atoms with Gasteiger partial charge in [-0.2, -0.15) is 0 Å². The highest BCUT2D eigenvalue weighted by atomic mass is 16.5. The van der Waals surface area contributed by atoms with Crippen LogP contribution in [0.5, 0.6) is 0 Å². The van der Waals surface area contributed by atoms with Crippen LogP contribution in [-0.4, -0.2) is 26.8 Å². The smallest absolute Gasteiger partial charge is 0.313 e. The summed E-state index contributed by atoms with van der Waals surface area (Å²) in [7, 11) is 3.31.